The molecule has 1 aliphatic rings. The molecule has 1 saturated heterocycles. The van der Waals surface area contributed by atoms with E-state index in [0.29, 0.717) is 6.04 Å². The van der Waals surface area contributed by atoms with E-state index in [9.17, 15) is 0 Å². The summed E-state index contributed by atoms with van der Waals surface area (Å²) in [7, 11) is 0. The van der Waals surface area contributed by atoms with Crippen LogP contribution < -0.4 is 10.2 Å². The van der Waals surface area contributed by atoms with E-state index in [1.54, 1.807) is 11.3 Å². The predicted octanol–water partition coefficient (Wildman–Crippen LogP) is 2.29. The number of para-hydroxylation sites is 1. The van der Waals surface area contributed by atoms with Crippen LogP contribution in [0.5, 0.6) is 0 Å². The summed E-state index contributed by atoms with van der Waals surface area (Å²) in [5, 5.41) is 6.69. The van der Waals surface area contributed by atoms with Crippen LogP contribution in [0.1, 0.15) is 11.0 Å². The summed E-state index contributed by atoms with van der Waals surface area (Å²) in [5.74, 6) is 0. The molecule has 4 heteroatoms. The Bertz CT molecular complexity index is 455. The van der Waals surface area contributed by atoms with E-state index in [4.69, 9.17) is 0 Å². The maximum absolute atomic E-state index is 4.45. The highest BCUT2D eigenvalue weighted by Crippen LogP contribution is 2.28. The molecule has 2 heterocycles. The van der Waals surface area contributed by atoms with Crippen molar-refractivity contribution in [2.24, 2.45) is 0 Å². The van der Waals surface area contributed by atoms with Gasteiger partial charge in [-0.3, -0.25) is 0 Å². The van der Waals surface area contributed by atoms with Crippen LogP contribution in [0.25, 0.3) is 0 Å². The van der Waals surface area contributed by atoms with E-state index in [0.717, 1.165) is 19.6 Å². The maximum atomic E-state index is 4.45. The summed E-state index contributed by atoms with van der Waals surface area (Å²) >= 11 is 1.74. The third-order valence-corrected chi connectivity index (χ3v) is 3.94. The van der Waals surface area contributed by atoms with Crippen molar-refractivity contribution in [1.82, 2.24) is 10.3 Å². The fourth-order valence-electron chi connectivity index (χ4n) is 2.25. The van der Waals surface area contributed by atoms with Gasteiger partial charge in [-0.25, -0.2) is 4.98 Å². The summed E-state index contributed by atoms with van der Waals surface area (Å²) < 4.78 is 0. The van der Waals surface area contributed by atoms with E-state index in [2.05, 4.69) is 45.5 Å². The smallest absolute Gasteiger partial charge is 0.116 e. The monoisotopic (exact) mass is 245 g/mol. The van der Waals surface area contributed by atoms with Crippen molar-refractivity contribution >= 4 is 17.0 Å². The Hall–Kier alpha value is -1.39. The van der Waals surface area contributed by atoms with Crippen LogP contribution in [0.3, 0.4) is 0 Å². The quantitative estimate of drug-likeness (QED) is 0.880. The van der Waals surface area contributed by atoms with Crippen LogP contribution in [-0.4, -0.2) is 24.6 Å². The molecule has 0 aliphatic carbocycles. The van der Waals surface area contributed by atoms with Gasteiger partial charge in [0.05, 0.1) is 6.04 Å². The lowest BCUT2D eigenvalue weighted by atomic mass is 10.1. The van der Waals surface area contributed by atoms with Crippen LogP contribution in [0, 0.1) is 0 Å². The number of benzene rings is 1. The molecule has 88 valence electrons. The molecule has 1 fully saturated rings. The molecule has 3 rings (SSSR count). The Morgan fingerprint density at radius 2 is 2.18 bits per heavy atom. The van der Waals surface area contributed by atoms with Crippen molar-refractivity contribution in [3.63, 3.8) is 0 Å². The van der Waals surface area contributed by atoms with Gasteiger partial charge < -0.3 is 10.2 Å². The summed E-state index contributed by atoms with van der Waals surface area (Å²) in [6.07, 6.45) is 1.89. The zero-order valence-electron chi connectivity index (χ0n) is 9.54. The topological polar surface area (TPSA) is 28.2 Å². The lowest BCUT2D eigenvalue weighted by molar-refractivity contribution is 0.488. The molecule has 0 spiro atoms. The highest BCUT2D eigenvalue weighted by atomic mass is 32.1. The fraction of sp³-hybridized carbons (Fsp3) is 0.308. The third-order valence-electron chi connectivity index (χ3n) is 3.07. The molecule has 1 N–H and O–H groups in total. The molecule has 1 aromatic carbocycles. The second-order valence-electron chi connectivity index (χ2n) is 4.12. The summed E-state index contributed by atoms with van der Waals surface area (Å²) in [5.41, 5.74) is 1.29. The van der Waals surface area contributed by atoms with Gasteiger partial charge in [-0.05, 0) is 12.1 Å². The predicted molar refractivity (Wildman–Crippen MR) is 71.5 cm³/mol. The standard InChI is InChI=1S/C13H15N3S/c1-2-4-11(5-3-1)16-8-6-14-10-12(16)13-15-7-9-17-13/h1-5,7,9,12,14H,6,8,10H2. The van der Waals surface area contributed by atoms with Gasteiger partial charge >= 0.3 is 0 Å². The molecule has 17 heavy (non-hydrogen) atoms. The Labute approximate surface area is 105 Å². The van der Waals surface area contributed by atoms with E-state index in [1.807, 2.05) is 11.6 Å². The van der Waals surface area contributed by atoms with Gasteiger partial charge in [-0.1, -0.05) is 18.2 Å². The van der Waals surface area contributed by atoms with E-state index in [1.165, 1.54) is 10.7 Å². The largest absolute Gasteiger partial charge is 0.359 e. The molecular weight excluding hydrogens is 230 g/mol. The number of hydrogen-bond acceptors (Lipinski definition) is 4. The van der Waals surface area contributed by atoms with Crippen molar-refractivity contribution < 1.29 is 0 Å². The molecule has 2 aromatic rings. The van der Waals surface area contributed by atoms with Crippen molar-refractivity contribution in [3.8, 4) is 0 Å². The lowest BCUT2D eigenvalue weighted by Crippen LogP contribution is -2.46. The first kappa shape index (κ1) is 10.7. The number of anilines is 1. The molecule has 0 amide bonds. The Balaban J connectivity index is 1.91. The lowest BCUT2D eigenvalue weighted by Gasteiger charge is -2.36. The van der Waals surface area contributed by atoms with E-state index in [-0.39, 0.29) is 0 Å². The SMILES string of the molecule is c1ccc(N2CCNCC2c2nccs2)cc1. The molecule has 0 bridgehead atoms. The Kier molecular flexibility index (Phi) is 3.07. The molecule has 3 nitrogen and oxygen atoms in total. The minimum atomic E-state index is 0.367. The fourth-order valence-corrected chi connectivity index (χ4v) is 3.00. The molecule has 0 saturated carbocycles. The van der Waals surface area contributed by atoms with Gasteiger partial charge in [-0.2, -0.15) is 0 Å². The molecule has 1 aliphatic heterocycles. The number of nitrogens with one attached hydrogen (secondary N) is 1. The van der Waals surface area contributed by atoms with Gasteiger partial charge in [0.1, 0.15) is 5.01 Å². The first-order valence-electron chi connectivity index (χ1n) is 5.87. The number of thiazole rings is 1. The first-order chi connectivity index (χ1) is 8.45. The summed E-state index contributed by atoms with van der Waals surface area (Å²) in [4.78, 5) is 6.89. The minimum Gasteiger partial charge on any atom is -0.359 e. The number of nitrogens with zero attached hydrogens (tertiary/aromatic N) is 2. The van der Waals surface area contributed by atoms with Crippen LogP contribution >= 0.6 is 11.3 Å². The average Bonchev–Trinajstić information content (AvgIpc) is 2.94. The maximum Gasteiger partial charge on any atom is 0.116 e. The highest BCUT2D eigenvalue weighted by molar-refractivity contribution is 7.09. The Morgan fingerprint density at radius 1 is 1.29 bits per heavy atom. The number of hydrogen-bond donors (Lipinski definition) is 1. The summed E-state index contributed by atoms with van der Waals surface area (Å²) in [6, 6.07) is 11.0. The average molecular weight is 245 g/mol. The Morgan fingerprint density at radius 3 is 2.94 bits per heavy atom. The number of piperazine rings is 1. The van der Waals surface area contributed by atoms with Gasteiger partial charge in [0, 0.05) is 36.9 Å². The second-order valence-corrected chi connectivity index (χ2v) is 5.05. The summed E-state index contributed by atoms with van der Waals surface area (Å²) in [6.45, 7) is 3.05. The van der Waals surface area contributed by atoms with Crippen LogP contribution in [0.2, 0.25) is 0 Å². The number of aromatic nitrogens is 1. The van der Waals surface area contributed by atoms with E-state index < -0.39 is 0 Å². The van der Waals surface area contributed by atoms with Crippen LogP contribution in [0.15, 0.2) is 41.9 Å². The highest BCUT2D eigenvalue weighted by Gasteiger charge is 2.25. The molecule has 0 radical (unpaired) electrons. The number of rotatable bonds is 2. The van der Waals surface area contributed by atoms with Gasteiger partial charge in [0.25, 0.3) is 0 Å². The zero-order chi connectivity index (χ0) is 11.5. The second kappa shape index (κ2) is 4.85. The van der Waals surface area contributed by atoms with E-state index >= 15 is 0 Å². The van der Waals surface area contributed by atoms with Gasteiger partial charge in [0.15, 0.2) is 0 Å². The van der Waals surface area contributed by atoms with Gasteiger partial charge in [0.2, 0.25) is 0 Å². The van der Waals surface area contributed by atoms with Crippen molar-refractivity contribution in [1.29, 1.82) is 0 Å². The molecule has 1 unspecified atom stereocenters. The van der Waals surface area contributed by atoms with Crippen molar-refractivity contribution in [2.75, 3.05) is 24.5 Å². The minimum absolute atomic E-state index is 0.367. The normalized spacial score (nSPS) is 20.5. The zero-order valence-corrected chi connectivity index (χ0v) is 10.4. The van der Waals surface area contributed by atoms with Crippen molar-refractivity contribution in [2.45, 2.75) is 6.04 Å². The molecule has 1 atom stereocenters. The van der Waals surface area contributed by atoms with Gasteiger partial charge in [-0.15, -0.1) is 11.3 Å². The third kappa shape index (κ3) is 2.18. The molecule has 1 aromatic heterocycles. The van der Waals surface area contributed by atoms with Crippen LogP contribution in [-0.2, 0) is 0 Å². The van der Waals surface area contributed by atoms with Crippen molar-refractivity contribution in [3.05, 3.63) is 46.9 Å². The first-order valence-corrected chi connectivity index (χ1v) is 6.75. The molecular formula is C13H15N3S. The van der Waals surface area contributed by atoms with Crippen LogP contribution in [0.4, 0.5) is 5.69 Å².